The van der Waals surface area contributed by atoms with Gasteiger partial charge in [-0.25, -0.2) is 13.2 Å². The molecule has 0 radical (unpaired) electrons. The van der Waals surface area contributed by atoms with Crippen LogP contribution in [0, 0.1) is 0 Å². The van der Waals surface area contributed by atoms with E-state index in [4.69, 9.17) is 9.84 Å². The maximum Gasteiger partial charge on any atom is 0.350 e. The van der Waals surface area contributed by atoms with Crippen molar-refractivity contribution in [2.45, 2.75) is 11.9 Å². The molecule has 1 saturated heterocycles. The third kappa shape index (κ3) is 2.61. The Balaban J connectivity index is 2.77. The van der Waals surface area contributed by atoms with Crippen molar-refractivity contribution >= 4 is 16.0 Å². The van der Waals surface area contributed by atoms with Crippen molar-refractivity contribution in [1.29, 1.82) is 0 Å². The molecular formula is C6H9F2NO5S. The number of carboxylic acid groups (broad SMARTS) is 1. The second-order valence-electron chi connectivity index (χ2n) is 2.86. The number of ether oxygens (including phenoxy) is 1. The van der Waals surface area contributed by atoms with Gasteiger partial charge in [0.05, 0.1) is 13.2 Å². The highest BCUT2D eigenvalue weighted by Gasteiger charge is 2.37. The summed E-state index contributed by atoms with van der Waals surface area (Å²) in [6.07, 6.45) is -1.38. The number of carboxylic acids is 1. The lowest BCUT2D eigenvalue weighted by molar-refractivity contribution is -0.153. The second kappa shape index (κ2) is 4.37. The van der Waals surface area contributed by atoms with Crippen molar-refractivity contribution in [2.75, 3.05) is 19.7 Å². The maximum atomic E-state index is 12.1. The summed E-state index contributed by atoms with van der Waals surface area (Å²) in [5.74, 6) is -4.91. The van der Waals surface area contributed by atoms with Crippen molar-refractivity contribution in [3.8, 4) is 0 Å². The first-order chi connectivity index (χ1) is 6.85. The molecular weight excluding hydrogens is 236 g/mol. The molecule has 1 unspecified atom stereocenters. The quantitative estimate of drug-likeness (QED) is 0.712. The van der Waals surface area contributed by atoms with E-state index in [-0.39, 0.29) is 13.2 Å². The standard InChI is InChI=1S/C6H9F2NO5S/c7-6(8)15(12,13)9-1-2-14-4(3-9)5(10)11/h4,6H,1-3H2,(H,10,11). The minimum absolute atomic E-state index is 0.205. The molecule has 0 saturated carbocycles. The van der Waals surface area contributed by atoms with Gasteiger partial charge in [-0.1, -0.05) is 0 Å². The lowest BCUT2D eigenvalue weighted by Crippen LogP contribution is -2.49. The summed E-state index contributed by atoms with van der Waals surface area (Å²) in [6, 6.07) is 0. The molecule has 88 valence electrons. The summed E-state index contributed by atoms with van der Waals surface area (Å²) in [5, 5.41) is 8.53. The smallest absolute Gasteiger partial charge is 0.350 e. The first-order valence-electron chi connectivity index (χ1n) is 3.97. The van der Waals surface area contributed by atoms with Crippen LogP contribution in [0.15, 0.2) is 0 Å². The first-order valence-corrected chi connectivity index (χ1v) is 5.47. The summed E-state index contributed by atoms with van der Waals surface area (Å²) in [7, 11) is -4.71. The maximum absolute atomic E-state index is 12.1. The van der Waals surface area contributed by atoms with Crippen molar-refractivity contribution in [3.63, 3.8) is 0 Å². The van der Waals surface area contributed by atoms with Crippen LogP contribution in [0.1, 0.15) is 0 Å². The SMILES string of the molecule is O=C(O)C1CN(S(=O)(=O)C(F)F)CCO1. The number of alkyl halides is 2. The highest BCUT2D eigenvalue weighted by molar-refractivity contribution is 7.89. The Hall–Kier alpha value is -0.800. The number of hydrogen-bond acceptors (Lipinski definition) is 4. The predicted molar refractivity (Wildman–Crippen MR) is 43.9 cm³/mol. The van der Waals surface area contributed by atoms with Crippen LogP contribution in [0.4, 0.5) is 8.78 Å². The van der Waals surface area contributed by atoms with Crippen LogP contribution >= 0.6 is 0 Å². The molecule has 0 aromatic heterocycles. The van der Waals surface area contributed by atoms with Crippen LogP contribution in [0.2, 0.25) is 0 Å². The molecule has 1 atom stereocenters. The minimum Gasteiger partial charge on any atom is -0.479 e. The molecule has 1 aliphatic rings. The fourth-order valence-electron chi connectivity index (χ4n) is 1.12. The van der Waals surface area contributed by atoms with E-state index in [1.165, 1.54) is 0 Å². The summed E-state index contributed by atoms with van der Waals surface area (Å²) in [5.41, 5.74) is 0. The monoisotopic (exact) mass is 245 g/mol. The summed E-state index contributed by atoms with van der Waals surface area (Å²) < 4.78 is 51.3. The molecule has 6 nitrogen and oxygen atoms in total. The van der Waals surface area contributed by atoms with E-state index < -0.39 is 34.4 Å². The van der Waals surface area contributed by atoms with Crippen LogP contribution in [0.3, 0.4) is 0 Å². The molecule has 1 fully saturated rings. The third-order valence-corrected chi connectivity index (χ3v) is 3.39. The largest absolute Gasteiger partial charge is 0.479 e. The lowest BCUT2D eigenvalue weighted by atomic mass is 10.3. The van der Waals surface area contributed by atoms with E-state index in [0.29, 0.717) is 4.31 Å². The molecule has 0 spiro atoms. The van der Waals surface area contributed by atoms with Gasteiger partial charge in [0.25, 0.3) is 10.0 Å². The van der Waals surface area contributed by atoms with Crippen molar-refractivity contribution < 1.29 is 31.8 Å². The van der Waals surface area contributed by atoms with Crippen molar-refractivity contribution in [3.05, 3.63) is 0 Å². The van der Waals surface area contributed by atoms with Gasteiger partial charge in [-0.2, -0.15) is 13.1 Å². The Morgan fingerprint density at radius 3 is 2.60 bits per heavy atom. The zero-order chi connectivity index (χ0) is 11.6. The molecule has 1 aliphatic heterocycles. The van der Waals surface area contributed by atoms with Gasteiger partial charge in [0.15, 0.2) is 6.10 Å². The average molecular weight is 245 g/mol. The summed E-state index contributed by atoms with van der Waals surface area (Å²) in [4.78, 5) is 10.5. The van der Waals surface area contributed by atoms with Gasteiger partial charge in [0.2, 0.25) is 0 Å². The number of hydrogen-bond donors (Lipinski definition) is 1. The Kier molecular flexibility index (Phi) is 3.58. The second-order valence-corrected chi connectivity index (χ2v) is 4.76. The van der Waals surface area contributed by atoms with E-state index in [9.17, 15) is 22.0 Å². The Morgan fingerprint density at radius 1 is 1.53 bits per heavy atom. The van der Waals surface area contributed by atoms with Crippen LogP contribution in [-0.2, 0) is 19.6 Å². The summed E-state index contributed by atoms with van der Waals surface area (Å²) in [6.45, 7) is -1.04. The highest BCUT2D eigenvalue weighted by Crippen LogP contribution is 2.16. The molecule has 1 heterocycles. The van der Waals surface area contributed by atoms with Gasteiger partial charge in [-0.15, -0.1) is 0 Å². The van der Waals surface area contributed by atoms with E-state index in [0.717, 1.165) is 0 Å². The average Bonchev–Trinajstić information content (AvgIpc) is 2.17. The number of carbonyl (C=O) groups is 1. The zero-order valence-corrected chi connectivity index (χ0v) is 8.28. The molecule has 1 N–H and O–H groups in total. The normalized spacial score (nSPS) is 24.3. The third-order valence-electron chi connectivity index (χ3n) is 1.89. The molecule has 0 aromatic rings. The number of sulfonamides is 1. The van der Waals surface area contributed by atoms with Gasteiger partial charge in [0.1, 0.15) is 0 Å². The van der Waals surface area contributed by atoms with Gasteiger partial charge < -0.3 is 9.84 Å². The van der Waals surface area contributed by atoms with Crippen molar-refractivity contribution in [1.82, 2.24) is 4.31 Å². The van der Waals surface area contributed by atoms with E-state index in [1.807, 2.05) is 0 Å². The molecule has 0 amide bonds. The molecule has 0 bridgehead atoms. The fraction of sp³-hybridized carbons (Fsp3) is 0.833. The number of aliphatic carboxylic acids is 1. The van der Waals surface area contributed by atoms with Crippen LogP contribution in [0.25, 0.3) is 0 Å². The highest BCUT2D eigenvalue weighted by atomic mass is 32.2. The molecule has 15 heavy (non-hydrogen) atoms. The Morgan fingerprint density at radius 2 is 2.13 bits per heavy atom. The Labute approximate surface area is 84.5 Å². The lowest BCUT2D eigenvalue weighted by Gasteiger charge is -2.29. The molecule has 0 aromatic carbocycles. The van der Waals surface area contributed by atoms with Crippen LogP contribution in [-0.4, -0.2) is 55.4 Å². The van der Waals surface area contributed by atoms with Gasteiger partial charge in [-0.05, 0) is 0 Å². The molecule has 0 aliphatic carbocycles. The fourth-order valence-corrected chi connectivity index (χ4v) is 2.02. The first kappa shape index (κ1) is 12.3. The molecule has 1 rings (SSSR count). The van der Waals surface area contributed by atoms with Gasteiger partial charge in [0, 0.05) is 6.54 Å². The molecule has 9 heteroatoms. The van der Waals surface area contributed by atoms with E-state index in [1.54, 1.807) is 0 Å². The topological polar surface area (TPSA) is 83.9 Å². The Bertz CT molecular complexity index is 343. The van der Waals surface area contributed by atoms with Crippen LogP contribution in [0.5, 0.6) is 0 Å². The van der Waals surface area contributed by atoms with E-state index >= 15 is 0 Å². The zero-order valence-electron chi connectivity index (χ0n) is 7.47. The predicted octanol–water partition coefficient (Wildman–Crippen LogP) is -0.676. The minimum atomic E-state index is -4.71. The number of rotatable bonds is 3. The number of morpholine rings is 1. The summed E-state index contributed by atoms with van der Waals surface area (Å²) >= 11 is 0. The van der Waals surface area contributed by atoms with Crippen LogP contribution < -0.4 is 0 Å². The number of nitrogens with zero attached hydrogens (tertiary/aromatic N) is 1. The van der Waals surface area contributed by atoms with E-state index in [2.05, 4.69) is 0 Å². The van der Waals surface area contributed by atoms with Gasteiger partial charge in [-0.3, -0.25) is 0 Å². The van der Waals surface area contributed by atoms with Crippen molar-refractivity contribution in [2.24, 2.45) is 0 Å². The number of halogens is 2. The van der Waals surface area contributed by atoms with Gasteiger partial charge >= 0.3 is 11.7 Å².